The molecule has 0 bridgehead atoms. The number of thiazole rings is 1. The monoisotopic (exact) mass is 294 g/mol. The van der Waals surface area contributed by atoms with Crippen LogP contribution in [0.5, 0.6) is 0 Å². The van der Waals surface area contributed by atoms with Crippen LogP contribution in [0.1, 0.15) is 33.4 Å². The molecule has 0 saturated heterocycles. The molecule has 2 aromatic rings. The average Bonchev–Trinajstić information content (AvgIpc) is 2.87. The lowest BCUT2D eigenvalue weighted by Crippen LogP contribution is -2.25. The van der Waals surface area contributed by atoms with E-state index in [1.807, 2.05) is 18.5 Å². The Morgan fingerprint density at radius 2 is 2.10 bits per heavy atom. The zero-order chi connectivity index (χ0) is 14.7. The zero-order valence-electron chi connectivity index (χ0n) is 11.8. The van der Waals surface area contributed by atoms with Gasteiger partial charge in [-0.2, -0.15) is 5.10 Å². The first-order valence-electron chi connectivity index (χ1n) is 6.36. The summed E-state index contributed by atoms with van der Waals surface area (Å²) in [6.45, 7) is 6.87. The van der Waals surface area contributed by atoms with Crippen molar-refractivity contribution in [2.75, 3.05) is 12.3 Å². The number of nitrogens with zero attached hydrogens (tertiary/aromatic N) is 4. The zero-order valence-corrected chi connectivity index (χ0v) is 12.6. The Morgan fingerprint density at radius 3 is 2.65 bits per heavy atom. The van der Waals surface area contributed by atoms with Gasteiger partial charge < -0.3 is 11.1 Å². The molecule has 1 amide bonds. The number of aromatic nitrogens is 4. The summed E-state index contributed by atoms with van der Waals surface area (Å²) in [5.41, 5.74) is 6.25. The summed E-state index contributed by atoms with van der Waals surface area (Å²) >= 11 is 1.21. The standard InChI is InChI=1S/C12H18N6OS/c1-7-10(20-12(13)15-7)11(19)14-5-4-6-18-9(3)16-8(2)17-18/h4-6H2,1-3H3,(H2,13,15)(H,14,19). The van der Waals surface area contributed by atoms with Crippen LogP contribution in [0.25, 0.3) is 0 Å². The molecule has 20 heavy (non-hydrogen) atoms. The number of carbonyl (C=O) groups is 1. The number of anilines is 1. The molecule has 0 spiro atoms. The predicted octanol–water partition coefficient (Wildman–Crippen LogP) is 1.06. The molecule has 0 aliphatic carbocycles. The highest BCUT2D eigenvalue weighted by atomic mass is 32.1. The van der Waals surface area contributed by atoms with Gasteiger partial charge in [-0.05, 0) is 27.2 Å². The first-order valence-corrected chi connectivity index (χ1v) is 7.18. The van der Waals surface area contributed by atoms with Crippen molar-refractivity contribution in [3.63, 3.8) is 0 Å². The van der Waals surface area contributed by atoms with Crippen molar-refractivity contribution >= 4 is 22.4 Å². The molecule has 0 aliphatic rings. The normalized spacial score (nSPS) is 10.8. The smallest absolute Gasteiger partial charge is 0.263 e. The summed E-state index contributed by atoms with van der Waals surface area (Å²) in [4.78, 5) is 20.8. The highest BCUT2D eigenvalue weighted by Gasteiger charge is 2.13. The van der Waals surface area contributed by atoms with Crippen LogP contribution in [0.4, 0.5) is 5.13 Å². The molecule has 0 atom stereocenters. The Labute approximate surface area is 121 Å². The van der Waals surface area contributed by atoms with Gasteiger partial charge in [0.1, 0.15) is 16.5 Å². The van der Waals surface area contributed by atoms with Crippen LogP contribution in [-0.2, 0) is 6.54 Å². The minimum atomic E-state index is -0.122. The van der Waals surface area contributed by atoms with Crippen LogP contribution >= 0.6 is 11.3 Å². The van der Waals surface area contributed by atoms with Crippen molar-refractivity contribution in [3.05, 3.63) is 22.2 Å². The number of nitrogens with two attached hydrogens (primary N) is 1. The van der Waals surface area contributed by atoms with Gasteiger partial charge in [-0.1, -0.05) is 11.3 Å². The number of amides is 1. The van der Waals surface area contributed by atoms with Gasteiger partial charge in [0.2, 0.25) is 0 Å². The van der Waals surface area contributed by atoms with Gasteiger partial charge >= 0.3 is 0 Å². The highest BCUT2D eigenvalue weighted by Crippen LogP contribution is 2.19. The lowest BCUT2D eigenvalue weighted by molar-refractivity contribution is 0.0956. The first-order chi connectivity index (χ1) is 9.47. The number of nitrogens with one attached hydrogen (secondary N) is 1. The van der Waals surface area contributed by atoms with Crippen LogP contribution < -0.4 is 11.1 Å². The molecule has 3 N–H and O–H groups in total. The van der Waals surface area contributed by atoms with Crippen LogP contribution in [0.15, 0.2) is 0 Å². The molecule has 2 heterocycles. The summed E-state index contributed by atoms with van der Waals surface area (Å²) in [6, 6.07) is 0. The van der Waals surface area contributed by atoms with E-state index < -0.39 is 0 Å². The molecule has 2 aromatic heterocycles. The molecular weight excluding hydrogens is 276 g/mol. The molecule has 0 fully saturated rings. The van der Waals surface area contributed by atoms with Crippen molar-refractivity contribution in [2.24, 2.45) is 0 Å². The Kier molecular flexibility index (Phi) is 4.33. The SMILES string of the molecule is Cc1nc(C)n(CCCNC(=O)c2sc(N)nc2C)n1. The lowest BCUT2D eigenvalue weighted by Gasteiger charge is -2.05. The maximum absolute atomic E-state index is 11.9. The van der Waals surface area contributed by atoms with E-state index in [0.717, 1.165) is 24.6 Å². The Bertz CT molecular complexity index is 617. The topological polar surface area (TPSA) is 98.7 Å². The van der Waals surface area contributed by atoms with Crippen LogP contribution in [0.3, 0.4) is 0 Å². The fourth-order valence-corrected chi connectivity index (χ4v) is 2.66. The first kappa shape index (κ1) is 14.4. The second-order valence-corrected chi connectivity index (χ2v) is 5.54. The molecule has 108 valence electrons. The number of hydrogen-bond acceptors (Lipinski definition) is 6. The van der Waals surface area contributed by atoms with E-state index in [9.17, 15) is 4.79 Å². The van der Waals surface area contributed by atoms with E-state index in [1.165, 1.54) is 11.3 Å². The Morgan fingerprint density at radius 1 is 1.35 bits per heavy atom. The van der Waals surface area contributed by atoms with E-state index in [-0.39, 0.29) is 5.91 Å². The van der Waals surface area contributed by atoms with E-state index >= 15 is 0 Å². The number of aryl methyl sites for hydroxylation is 4. The maximum Gasteiger partial charge on any atom is 0.263 e. The summed E-state index contributed by atoms with van der Waals surface area (Å²) in [5, 5.41) is 7.55. The van der Waals surface area contributed by atoms with E-state index in [1.54, 1.807) is 6.92 Å². The molecule has 0 radical (unpaired) electrons. The van der Waals surface area contributed by atoms with Crippen molar-refractivity contribution in [2.45, 2.75) is 33.7 Å². The third kappa shape index (κ3) is 3.32. The summed E-state index contributed by atoms with van der Waals surface area (Å²) in [5.74, 6) is 1.53. The summed E-state index contributed by atoms with van der Waals surface area (Å²) < 4.78 is 1.84. The second-order valence-electron chi connectivity index (χ2n) is 4.51. The van der Waals surface area contributed by atoms with Crippen molar-refractivity contribution in [3.8, 4) is 0 Å². The van der Waals surface area contributed by atoms with Crippen LogP contribution in [-0.4, -0.2) is 32.2 Å². The number of carbonyl (C=O) groups excluding carboxylic acids is 1. The maximum atomic E-state index is 11.9. The fraction of sp³-hybridized carbons (Fsp3) is 0.500. The minimum Gasteiger partial charge on any atom is -0.375 e. The molecule has 0 aliphatic heterocycles. The quantitative estimate of drug-likeness (QED) is 0.803. The van der Waals surface area contributed by atoms with Gasteiger partial charge in [0.05, 0.1) is 5.69 Å². The third-order valence-corrected chi connectivity index (χ3v) is 3.80. The highest BCUT2D eigenvalue weighted by molar-refractivity contribution is 7.17. The van der Waals surface area contributed by atoms with Gasteiger partial charge in [0, 0.05) is 13.1 Å². The van der Waals surface area contributed by atoms with Crippen LogP contribution in [0.2, 0.25) is 0 Å². The van der Waals surface area contributed by atoms with Crippen molar-refractivity contribution in [1.29, 1.82) is 0 Å². The second kappa shape index (κ2) is 6.00. The van der Waals surface area contributed by atoms with Gasteiger partial charge in [-0.15, -0.1) is 0 Å². The van der Waals surface area contributed by atoms with Gasteiger partial charge in [0.15, 0.2) is 5.13 Å². The molecule has 7 nitrogen and oxygen atoms in total. The summed E-state index contributed by atoms with van der Waals surface area (Å²) in [7, 11) is 0. The van der Waals surface area contributed by atoms with Gasteiger partial charge in [-0.3, -0.25) is 9.48 Å². The number of nitrogen functional groups attached to an aromatic ring is 1. The largest absolute Gasteiger partial charge is 0.375 e. The molecular formula is C12H18N6OS. The molecule has 2 rings (SSSR count). The lowest BCUT2D eigenvalue weighted by atomic mass is 10.3. The third-order valence-electron chi connectivity index (χ3n) is 2.81. The average molecular weight is 294 g/mol. The number of rotatable bonds is 5. The van der Waals surface area contributed by atoms with Crippen molar-refractivity contribution in [1.82, 2.24) is 25.1 Å². The fourth-order valence-electron chi connectivity index (χ4n) is 1.91. The van der Waals surface area contributed by atoms with E-state index in [0.29, 0.717) is 22.2 Å². The van der Waals surface area contributed by atoms with E-state index in [2.05, 4.69) is 20.4 Å². The van der Waals surface area contributed by atoms with Crippen molar-refractivity contribution < 1.29 is 4.79 Å². The molecule has 0 unspecified atom stereocenters. The predicted molar refractivity (Wildman–Crippen MR) is 77.7 cm³/mol. The van der Waals surface area contributed by atoms with Gasteiger partial charge in [-0.25, -0.2) is 9.97 Å². The Balaban J connectivity index is 1.80. The summed E-state index contributed by atoms with van der Waals surface area (Å²) in [6.07, 6.45) is 0.794. The molecule has 8 heteroatoms. The Hall–Kier alpha value is -1.96. The molecule has 0 saturated carbocycles. The van der Waals surface area contributed by atoms with Crippen LogP contribution in [0, 0.1) is 20.8 Å². The number of hydrogen-bond donors (Lipinski definition) is 2. The van der Waals surface area contributed by atoms with Gasteiger partial charge in [0.25, 0.3) is 5.91 Å². The molecule has 0 aromatic carbocycles. The minimum absolute atomic E-state index is 0.122. The van der Waals surface area contributed by atoms with E-state index in [4.69, 9.17) is 5.73 Å².